The van der Waals surface area contributed by atoms with Crippen LogP contribution in [0.5, 0.6) is 0 Å². The Morgan fingerprint density at radius 3 is 2.32 bits per heavy atom. The molecule has 1 saturated carbocycles. The number of anilines is 1. The van der Waals surface area contributed by atoms with Crippen molar-refractivity contribution in [2.45, 2.75) is 57.1 Å². The number of aliphatic hydroxyl groups is 1. The van der Waals surface area contributed by atoms with Crippen molar-refractivity contribution < 1.29 is 13.5 Å². The predicted octanol–water partition coefficient (Wildman–Crippen LogP) is 4.91. The summed E-state index contributed by atoms with van der Waals surface area (Å²) in [5.74, 6) is 2.42. The Balaban J connectivity index is 1.53. The van der Waals surface area contributed by atoms with Crippen LogP contribution in [0.15, 0.2) is 53.4 Å². The molecule has 0 aromatic heterocycles. The number of piperazine rings is 1. The van der Waals surface area contributed by atoms with E-state index in [2.05, 4.69) is 54.0 Å². The van der Waals surface area contributed by atoms with Crippen molar-refractivity contribution in [2.75, 3.05) is 37.3 Å². The summed E-state index contributed by atoms with van der Waals surface area (Å²) in [5, 5.41) is 9.63. The van der Waals surface area contributed by atoms with Gasteiger partial charge in [0.1, 0.15) is 0 Å². The van der Waals surface area contributed by atoms with E-state index < -0.39 is 9.84 Å². The summed E-state index contributed by atoms with van der Waals surface area (Å²) in [6.07, 6.45) is 6.56. The van der Waals surface area contributed by atoms with E-state index in [0.717, 1.165) is 49.6 Å². The van der Waals surface area contributed by atoms with Crippen molar-refractivity contribution >= 4 is 15.5 Å². The molecule has 5 nitrogen and oxygen atoms in total. The maximum Gasteiger partial charge on any atom is 0.175 e. The molecule has 0 amide bonds. The molecule has 2 aromatic rings. The summed E-state index contributed by atoms with van der Waals surface area (Å²) in [5.41, 5.74) is 2.69. The van der Waals surface area contributed by atoms with Gasteiger partial charge in [-0.25, -0.2) is 8.42 Å². The zero-order valence-electron chi connectivity index (χ0n) is 20.9. The molecule has 6 heteroatoms. The summed E-state index contributed by atoms with van der Waals surface area (Å²) in [7, 11) is -3.41. The molecule has 1 aliphatic heterocycles. The molecule has 0 spiro atoms. The summed E-state index contributed by atoms with van der Waals surface area (Å²) in [6, 6.07) is 16.4. The number of sulfone groups is 1. The van der Waals surface area contributed by atoms with Crippen LogP contribution >= 0.6 is 0 Å². The van der Waals surface area contributed by atoms with Gasteiger partial charge >= 0.3 is 0 Å². The van der Waals surface area contributed by atoms with Crippen LogP contribution in [0.2, 0.25) is 0 Å². The third kappa shape index (κ3) is 5.84. The van der Waals surface area contributed by atoms with Crippen LogP contribution in [0.25, 0.3) is 0 Å². The van der Waals surface area contributed by atoms with Crippen LogP contribution in [0.1, 0.15) is 56.7 Å². The van der Waals surface area contributed by atoms with E-state index in [4.69, 9.17) is 0 Å². The molecule has 0 unspecified atom stereocenters. The molecule has 1 heterocycles. The van der Waals surface area contributed by atoms with Gasteiger partial charge in [-0.3, -0.25) is 4.90 Å². The predicted molar refractivity (Wildman–Crippen MR) is 139 cm³/mol. The second-order valence-electron chi connectivity index (χ2n) is 10.6. The van der Waals surface area contributed by atoms with E-state index >= 15 is 0 Å². The summed E-state index contributed by atoms with van der Waals surface area (Å²) < 4.78 is 24.7. The lowest BCUT2D eigenvalue weighted by Crippen LogP contribution is -2.50. The normalized spacial score (nSPS) is 24.5. The highest BCUT2D eigenvalue weighted by Crippen LogP contribution is 2.36. The lowest BCUT2D eigenvalue weighted by atomic mass is 9.76. The second kappa shape index (κ2) is 10.8. The van der Waals surface area contributed by atoms with Crippen molar-refractivity contribution in [3.05, 3.63) is 59.7 Å². The average Bonchev–Trinajstić information content (AvgIpc) is 2.84. The van der Waals surface area contributed by atoms with E-state index in [1.165, 1.54) is 37.5 Å². The fourth-order valence-corrected chi connectivity index (χ4v) is 6.79. The van der Waals surface area contributed by atoms with Gasteiger partial charge in [-0.05, 0) is 66.7 Å². The van der Waals surface area contributed by atoms with E-state index in [1.54, 1.807) is 12.1 Å². The number of hydrogen-bond donors (Lipinski definition) is 1. The van der Waals surface area contributed by atoms with E-state index in [1.807, 2.05) is 6.07 Å². The van der Waals surface area contributed by atoms with Gasteiger partial charge in [-0.1, -0.05) is 50.2 Å². The summed E-state index contributed by atoms with van der Waals surface area (Å²) in [4.78, 5) is 5.19. The molecule has 2 aromatic carbocycles. The van der Waals surface area contributed by atoms with Crippen molar-refractivity contribution in [1.29, 1.82) is 0 Å². The molecular weight excluding hydrogens is 444 g/mol. The van der Waals surface area contributed by atoms with Gasteiger partial charge in [0.25, 0.3) is 0 Å². The first kappa shape index (κ1) is 25.2. The van der Waals surface area contributed by atoms with Crippen LogP contribution in [-0.4, -0.2) is 50.9 Å². The third-order valence-electron chi connectivity index (χ3n) is 7.99. The fourth-order valence-electron chi connectivity index (χ4n) is 5.85. The highest BCUT2D eigenvalue weighted by atomic mass is 32.2. The van der Waals surface area contributed by atoms with Crippen molar-refractivity contribution in [2.24, 2.45) is 17.8 Å². The molecular formula is C28H40N2O3S. The van der Waals surface area contributed by atoms with Crippen molar-refractivity contribution in [1.82, 2.24) is 4.90 Å². The van der Waals surface area contributed by atoms with E-state index in [0.29, 0.717) is 5.56 Å². The van der Waals surface area contributed by atoms with Crippen molar-refractivity contribution in [3.8, 4) is 0 Å². The minimum atomic E-state index is -3.41. The largest absolute Gasteiger partial charge is 0.392 e. The standard InChI is InChI=1S/C28H40N2O3S/c1-21(2)23-11-9-22(10-12-23)18-30-16-15-29(19-27(30)24-7-5-4-6-8-24)26-14-13-25(20-31)28(17-26)34(3,32)33/h4-8,13-14,17,21-23,27,31H,9-12,15-16,18-20H2,1-3H3/t22?,23?,27-/m1/s1. The summed E-state index contributed by atoms with van der Waals surface area (Å²) in [6.45, 7) is 8.23. The van der Waals surface area contributed by atoms with Crippen LogP contribution in [0.3, 0.4) is 0 Å². The van der Waals surface area contributed by atoms with Gasteiger partial charge in [0, 0.05) is 38.1 Å². The molecule has 34 heavy (non-hydrogen) atoms. The maximum atomic E-state index is 12.3. The number of benzene rings is 2. The SMILES string of the molecule is CC(C)C1CCC(CN2CCN(c3ccc(CO)c(S(C)(=O)=O)c3)C[C@@H]2c2ccccc2)CC1. The Labute approximate surface area is 205 Å². The maximum absolute atomic E-state index is 12.3. The van der Waals surface area contributed by atoms with Gasteiger partial charge in [-0.15, -0.1) is 0 Å². The third-order valence-corrected chi connectivity index (χ3v) is 9.17. The molecule has 4 rings (SSSR count). The minimum absolute atomic E-state index is 0.230. The van der Waals surface area contributed by atoms with Gasteiger partial charge < -0.3 is 10.0 Å². The Morgan fingerprint density at radius 1 is 1.00 bits per heavy atom. The lowest BCUT2D eigenvalue weighted by molar-refractivity contribution is 0.118. The molecule has 1 atom stereocenters. The molecule has 0 bridgehead atoms. The quantitative estimate of drug-likeness (QED) is 0.605. The lowest BCUT2D eigenvalue weighted by Gasteiger charge is -2.45. The highest BCUT2D eigenvalue weighted by molar-refractivity contribution is 7.90. The van der Waals surface area contributed by atoms with Crippen molar-refractivity contribution in [3.63, 3.8) is 0 Å². The monoisotopic (exact) mass is 484 g/mol. The molecule has 2 fully saturated rings. The topological polar surface area (TPSA) is 60.9 Å². The zero-order chi connectivity index (χ0) is 24.3. The Kier molecular flexibility index (Phi) is 8.01. The number of hydrogen-bond acceptors (Lipinski definition) is 5. The molecule has 1 N–H and O–H groups in total. The van der Waals surface area contributed by atoms with Crippen LogP contribution in [0, 0.1) is 17.8 Å². The van der Waals surface area contributed by atoms with Crippen LogP contribution in [-0.2, 0) is 16.4 Å². The zero-order valence-corrected chi connectivity index (χ0v) is 21.7. The fraction of sp³-hybridized carbons (Fsp3) is 0.571. The van der Waals surface area contributed by atoms with Crippen LogP contribution in [0.4, 0.5) is 5.69 Å². The van der Waals surface area contributed by atoms with Crippen LogP contribution < -0.4 is 4.90 Å². The number of aliphatic hydroxyl groups excluding tert-OH is 1. The molecule has 0 radical (unpaired) electrons. The number of rotatable bonds is 7. The van der Waals surface area contributed by atoms with Gasteiger partial charge in [0.2, 0.25) is 0 Å². The second-order valence-corrected chi connectivity index (χ2v) is 12.6. The highest BCUT2D eigenvalue weighted by Gasteiger charge is 2.32. The first-order valence-electron chi connectivity index (χ1n) is 12.7. The average molecular weight is 485 g/mol. The Hall–Kier alpha value is -1.89. The van der Waals surface area contributed by atoms with E-state index in [9.17, 15) is 13.5 Å². The number of nitrogens with zero attached hydrogens (tertiary/aromatic N) is 2. The smallest absolute Gasteiger partial charge is 0.175 e. The molecule has 2 aliphatic rings. The Bertz CT molecular complexity index is 1050. The molecule has 1 saturated heterocycles. The van der Waals surface area contributed by atoms with Gasteiger partial charge in [0.05, 0.1) is 17.5 Å². The van der Waals surface area contributed by atoms with Gasteiger partial charge in [0.15, 0.2) is 9.84 Å². The van der Waals surface area contributed by atoms with E-state index in [-0.39, 0.29) is 17.5 Å². The molecule has 186 valence electrons. The minimum Gasteiger partial charge on any atom is -0.392 e. The summed E-state index contributed by atoms with van der Waals surface area (Å²) >= 11 is 0. The molecule has 1 aliphatic carbocycles. The first-order chi connectivity index (χ1) is 16.3. The Morgan fingerprint density at radius 2 is 1.71 bits per heavy atom. The first-order valence-corrected chi connectivity index (χ1v) is 14.6. The van der Waals surface area contributed by atoms with Gasteiger partial charge in [-0.2, -0.15) is 0 Å².